The fourth-order valence-electron chi connectivity index (χ4n) is 0.853. The van der Waals surface area contributed by atoms with Crippen molar-refractivity contribution in [3.05, 3.63) is 18.2 Å². The van der Waals surface area contributed by atoms with Crippen LogP contribution in [0.5, 0.6) is 5.75 Å². The molecule has 0 spiro atoms. The third-order valence-electron chi connectivity index (χ3n) is 1.33. The van der Waals surface area contributed by atoms with Gasteiger partial charge in [-0.25, -0.2) is 0 Å². The van der Waals surface area contributed by atoms with Crippen LogP contribution in [0.3, 0.4) is 0 Å². The van der Waals surface area contributed by atoms with Crippen molar-refractivity contribution in [3.63, 3.8) is 0 Å². The second kappa shape index (κ2) is 4.07. The predicted molar refractivity (Wildman–Crippen MR) is 46.8 cm³/mol. The van der Waals surface area contributed by atoms with E-state index in [2.05, 4.69) is 15.4 Å². The predicted octanol–water partition coefficient (Wildman–Crippen LogP) is 1.19. The van der Waals surface area contributed by atoms with E-state index in [0.717, 1.165) is 0 Å². The number of benzene rings is 1. The van der Waals surface area contributed by atoms with Gasteiger partial charge in [0.2, 0.25) is 0 Å². The van der Waals surface area contributed by atoms with E-state index >= 15 is 0 Å². The number of aromatic amines is 1. The number of hydrogen-bond donors (Lipinski definition) is 2. The number of nitrogens with one attached hydrogen (secondary N) is 1. The second-order valence-corrected chi connectivity index (χ2v) is 2.19. The molecule has 0 saturated carbocycles. The van der Waals surface area contributed by atoms with Crippen LogP contribution in [0.4, 0.5) is 0 Å². The van der Waals surface area contributed by atoms with Gasteiger partial charge in [0.05, 0.1) is 6.07 Å². The molecule has 2 N–H and O–H groups in total. The molecule has 2 aromatic rings. The molecular formula is C8H8N4O. The van der Waals surface area contributed by atoms with Gasteiger partial charge in [0.25, 0.3) is 0 Å². The molecule has 0 unspecified atom stereocenters. The van der Waals surface area contributed by atoms with Gasteiger partial charge in [-0.15, -0.1) is 0 Å². The lowest BCUT2D eigenvalue weighted by Crippen LogP contribution is -1.68. The Bertz CT molecular complexity index is 429. The van der Waals surface area contributed by atoms with Gasteiger partial charge in [-0.3, -0.25) is 0 Å². The minimum Gasteiger partial charge on any atom is -0.506 e. The van der Waals surface area contributed by atoms with E-state index in [9.17, 15) is 0 Å². The van der Waals surface area contributed by atoms with Crippen molar-refractivity contribution in [3.8, 4) is 11.8 Å². The molecule has 2 rings (SSSR count). The van der Waals surface area contributed by atoms with E-state index in [0.29, 0.717) is 11.0 Å². The first-order valence-electron chi connectivity index (χ1n) is 3.59. The number of rotatable bonds is 0. The summed E-state index contributed by atoms with van der Waals surface area (Å²) in [6, 6.07) is 6.82. The average Bonchev–Trinajstić information content (AvgIpc) is 2.54. The summed E-state index contributed by atoms with van der Waals surface area (Å²) < 4.78 is 0. The highest BCUT2D eigenvalue weighted by molar-refractivity contribution is 5.79. The molecule has 13 heavy (non-hydrogen) atoms. The van der Waals surface area contributed by atoms with Gasteiger partial charge in [-0.05, 0) is 12.1 Å². The Morgan fingerprint density at radius 2 is 2.15 bits per heavy atom. The highest BCUT2D eigenvalue weighted by atomic mass is 16.3. The number of hydrogen-bond acceptors (Lipinski definition) is 4. The zero-order chi connectivity index (χ0) is 9.68. The highest BCUT2D eigenvalue weighted by Crippen LogP contribution is 2.18. The summed E-state index contributed by atoms with van der Waals surface area (Å²) >= 11 is 0. The van der Waals surface area contributed by atoms with Crippen molar-refractivity contribution >= 4 is 11.0 Å². The van der Waals surface area contributed by atoms with E-state index in [1.807, 2.05) is 0 Å². The molecule has 1 heterocycles. The van der Waals surface area contributed by atoms with E-state index in [1.54, 1.807) is 24.3 Å². The number of nitrogens with zero attached hydrogens (tertiary/aromatic N) is 3. The van der Waals surface area contributed by atoms with Gasteiger partial charge < -0.3 is 5.11 Å². The molecule has 0 aliphatic carbocycles. The first kappa shape index (κ1) is 9.00. The minimum atomic E-state index is 0.159. The monoisotopic (exact) mass is 176 g/mol. The van der Waals surface area contributed by atoms with Crippen molar-refractivity contribution in [2.45, 2.75) is 6.92 Å². The van der Waals surface area contributed by atoms with Crippen molar-refractivity contribution in [2.75, 3.05) is 0 Å². The fraction of sp³-hybridized carbons (Fsp3) is 0.125. The summed E-state index contributed by atoms with van der Waals surface area (Å²) in [6.45, 7) is 1.43. The van der Waals surface area contributed by atoms with Crippen LogP contribution in [0.25, 0.3) is 11.0 Å². The molecule has 5 nitrogen and oxygen atoms in total. The normalized spacial score (nSPS) is 8.62. The van der Waals surface area contributed by atoms with Crippen molar-refractivity contribution in [1.29, 1.82) is 5.26 Å². The number of aromatic hydroxyl groups is 1. The molecule has 0 amide bonds. The molecule has 1 aromatic carbocycles. The van der Waals surface area contributed by atoms with E-state index in [1.165, 1.54) is 6.92 Å². The molecule has 5 heteroatoms. The first-order chi connectivity index (χ1) is 6.29. The fourth-order valence-corrected chi connectivity index (χ4v) is 0.853. The summed E-state index contributed by atoms with van der Waals surface area (Å²) in [5, 5.41) is 26.4. The largest absolute Gasteiger partial charge is 0.506 e. The van der Waals surface area contributed by atoms with E-state index < -0.39 is 0 Å². The molecule has 0 aliphatic heterocycles. The lowest BCUT2D eigenvalue weighted by atomic mass is 10.3. The topological polar surface area (TPSA) is 85.6 Å². The Kier molecular flexibility index (Phi) is 2.82. The Balaban J connectivity index is 0.000000251. The van der Waals surface area contributed by atoms with E-state index in [-0.39, 0.29) is 5.75 Å². The number of para-hydroxylation sites is 1. The molecule has 0 saturated heterocycles. The number of fused-ring (bicyclic) bond motifs is 1. The minimum absolute atomic E-state index is 0.159. The molecule has 66 valence electrons. The first-order valence-corrected chi connectivity index (χ1v) is 3.59. The Hall–Kier alpha value is -2.09. The maximum absolute atomic E-state index is 9.14. The number of H-pyrrole nitrogens is 1. The summed E-state index contributed by atoms with van der Waals surface area (Å²) in [5.41, 5.74) is 1.20. The van der Waals surface area contributed by atoms with Crippen LogP contribution in [0.15, 0.2) is 18.2 Å². The van der Waals surface area contributed by atoms with Gasteiger partial charge in [0, 0.05) is 6.92 Å². The Labute approximate surface area is 74.6 Å². The third kappa shape index (κ3) is 1.93. The zero-order valence-electron chi connectivity index (χ0n) is 7.02. The SMILES string of the molecule is CC#N.Oc1cccc2n[nH]nc12. The smallest absolute Gasteiger partial charge is 0.154 e. The average molecular weight is 176 g/mol. The highest BCUT2D eigenvalue weighted by Gasteiger charge is 1.99. The summed E-state index contributed by atoms with van der Waals surface area (Å²) in [7, 11) is 0. The summed E-state index contributed by atoms with van der Waals surface area (Å²) in [4.78, 5) is 0. The van der Waals surface area contributed by atoms with Crippen LogP contribution in [0.1, 0.15) is 6.92 Å². The quantitative estimate of drug-likeness (QED) is 0.631. The van der Waals surface area contributed by atoms with Crippen LogP contribution >= 0.6 is 0 Å². The van der Waals surface area contributed by atoms with Gasteiger partial charge >= 0.3 is 0 Å². The van der Waals surface area contributed by atoms with Crippen LogP contribution < -0.4 is 0 Å². The standard InChI is InChI=1S/C6H5N3O.C2H3N/c10-5-3-1-2-4-6(5)8-9-7-4;1-2-3/h1-3,10H,(H,7,8,9);1H3. The third-order valence-corrected chi connectivity index (χ3v) is 1.33. The molecule has 0 radical (unpaired) electrons. The van der Waals surface area contributed by atoms with Gasteiger partial charge in [-0.1, -0.05) is 6.07 Å². The molecule has 0 bridgehead atoms. The maximum Gasteiger partial charge on any atom is 0.154 e. The van der Waals surface area contributed by atoms with E-state index in [4.69, 9.17) is 10.4 Å². The molecule has 0 fully saturated rings. The molecular weight excluding hydrogens is 168 g/mol. The van der Waals surface area contributed by atoms with Gasteiger partial charge in [-0.2, -0.15) is 20.7 Å². The number of nitriles is 1. The van der Waals surface area contributed by atoms with Crippen molar-refractivity contribution < 1.29 is 5.11 Å². The van der Waals surface area contributed by atoms with Gasteiger partial charge in [0.15, 0.2) is 5.52 Å². The summed E-state index contributed by atoms with van der Waals surface area (Å²) in [5.74, 6) is 0.159. The van der Waals surface area contributed by atoms with Crippen molar-refractivity contribution in [2.24, 2.45) is 0 Å². The number of aromatic nitrogens is 3. The lowest BCUT2D eigenvalue weighted by molar-refractivity contribution is 0.480. The number of phenols is 1. The van der Waals surface area contributed by atoms with Crippen LogP contribution in [0, 0.1) is 11.3 Å². The maximum atomic E-state index is 9.14. The molecule has 0 atom stereocenters. The summed E-state index contributed by atoms with van der Waals surface area (Å²) in [6.07, 6.45) is 0. The number of phenolic OH excluding ortho intramolecular Hbond substituents is 1. The molecule has 0 aliphatic rings. The zero-order valence-corrected chi connectivity index (χ0v) is 7.02. The Morgan fingerprint density at radius 3 is 2.77 bits per heavy atom. The van der Waals surface area contributed by atoms with Gasteiger partial charge in [0.1, 0.15) is 11.3 Å². The van der Waals surface area contributed by atoms with Crippen LogP contribution in [-0.4, -0.2) is 20.5 Å². The van der Waals surface area contributed by atoms with Crippen molar-refractivity contribution in [1.82, 2.24) is 15.4 Å². The van der Waals surface area contributed by atoms with Crippen LogP contribution in [-0.2, 0) is 0 Å². The lowest BCUT2D eigenvalue weighted by Gasteiger charge is -1.87. The molecule has 1 aromatic heterocycles. The van der Waals surface area contributed by atoms with Crippen LogP contribution in [0.2, 0.25) is 0 Å². The second-order valence-electron chi connectivity index (χ2n) is 2.19. The Morgan fingerprint density at radius 1 is 1.46 bits per heavy atom.